The van der Waals surface area contributed by atoms with Crippen molar-refractivity contribution in [2.75, 3.05) is 33.0 Å². The molecule has 1 rings (SSSR count). The Morgan fingerprint density at radius 3 is 2.06 bits per heavy atom. The Bertz CT molecular complexity index is 260. The molecular weight excluding hydrogens is 246 g/mol. The van der Waals surface area contributed by atoms with E-state index in [-0.39, 0.29) is 0 Å². The average molecular weight is 261 g/mol. The van der Waals surface area contributed by atoms with Crippen LogP contribution in [-0.2, 0) is 13.9 Å². The third-order valence-corrected chi connectivity index (χ3v) is 2.39. The van der Waals surface area contributed by atoms with Gasteiger partial charge in [-0.1, -0.05) is 0 Å². The highest BCUT2D eigenvalue weighted by molar-refractivity contribution is 7.57. The third kappa shape index (κ3) is 10.1. The van der Waals surface area contributed by atoms with E-state index in [1.54, 1.807) is 13.3 Å². The van der Waals surface area contributed by atoms with Crippen LogP contribution < -0.4 is 5.32 Å². The standard InChI is InChI=1S/C6H14NO2P.C2HF3O/c1-10(2,8)9-5-6-3-7-4-6;3-2(4,5)1-6/h6-7H,3-5H2,1-2H3;1H. The fourth-order valence-corrected chi connectivity index (χ4v) is 1.32. The zero-order valence-corrected chi connectivity index (χ0v) is 9.98. The third-order valence-electron chi connectivity index (χ3n) is 1.62. The van der Waals surface area contributed by atoms with E-state index in [9.17, 15) is 17.7 Å². The minimum atomic E-state index is -4.64. The minimum Gasteiger partial charge on any atom is -0.328 e. The average Bonchev–Trinajstić information content (AvgIpc) is 1.99. The number of alkyl halides is 3. The molecule has 0 amide bonds. The maximum Gasteiger partial charge on any atom is 0.446 e. The number of aldehydes is 1. The molecule has 1 N–H and O–H groups in total. The van der Waals surface area contributed by atoms with Gasteiger partial charge in [0.15, 0.2) is 7.37 Å². The van der Waals surface area contributed by atoms with Crippen molar-refractivity contribution in [3.8, 4) is 0 Å². The number of halogens is 3. The number of carbonyl (C=O) groups excluding carboxylic acids is 1. The summed E-state index contributed by atoms with van der Waals surface area (Å²) in [6, 6.07) is 0. The van der Waals surface area contributed by atoms with E-state index in [0.717, 1.165) is 13.1 Å². The molecule has 0 atom stereocenters. The summed E-state index contributed by atoms with van der Waals surface area (Å²) in [5.74, 6) is 0.591. The van der Waals surface area contributed by atoms with E-state index in [1.165, 1.54) is 0 Å². The number of carbonyl (C=O) groups is 1. The minimum absolute atomic E-state index is 0.591. The van der Waals surface area contributed by atoms with Gasteiger partial charge in [-0.2, -0.15) is 13.2 Å². The molecule has 96 valence electrons. The van der Waals surface area contributed by atoms with Crippen LogP contribution in [0, 0.1) is 5.92 Å². The lowest BCUT2D eigenvalue weighted by Crippen LogP contribution is -2.44. The van der Waals surface area contributed by atoms with Gasteiger partial charge in [0.05, 0.1) is 6.61 Å². The first-order valence-electron chi connectivity index (χ1n) is 4.57. The maximum absolute atomic E-state index is 11.0. The van der Waals surface area contributed by atoms with Crippen molar-refractivity contribution in [3.63, 3.8) is 0 Å². The van der Waals surface area contributed by atoms with Crippen LogP contribution in [0.4, 0.5) is 13.2 Å². The molecule has 8 heteroatoms. The Hall–Kier alpha value is -0.390. The van der Waals surface area contributed by atoms with E-state index in [2.05, 4.69) is 5.32 Å². The van der Waals surface area contributed by atoms with Crippen LogP contribution in [0.25, 0.3) is 0 Å². The van der Waals surface area contributed by atoms with Crippen LogP contribution in [0.1, 0.15) is 0 Å². The number of nitrogens with one attached hydrogen (secondary N) is 1. The van der Waals surface area contributed by atoms with Crippen molar-refractivity contribution in [3.05, 3.63) is 0 Å². The second-order valence-corrected chi connectivity index (χ2v) is 6.49. The lowest BCUT2D eigenvalue weighted by Gasteiger charge is -2.27. The van der Waals surface area contributed by atoms with E-state index in [1.807, 2.05) is 0 Å². The molecule has 1 saturated heterocycles. The molecule has 0 radical (unpaired) electrons. The molecule has 0 spiro atoms. The molecule has 1 heterocycles. The molecule has 4 nitrogen and oxygen atoms in total. The molecule has 1 fully saturated rings. The summed E-state index contributed by atoms with van der Waals surface area (Å²) in [7, 11) is -2.23. The Kier molecular flexibility index (Phi) is 6.22. The van der Waals surface area contributed by atoms with E-state index in [4.69, 9.17) is 9.32 Å². The molecule has 0 unspecified atom stereocenters. The van der Waals surface area contributed by atoms with Gasteiger partial charge in [-0.05, 0) is 0 Å². The molecule has 0 bridgehead atoms. The molecule has 0 aromatic rings. The summed E-state index contributed by atoms with van der Waals surface area (Å²) >= 11 is 0. The van der Waals surface area contributed by atoms with Crippen molar-refractivity contribution >= 4 is 13.7 Å². The van der Waals surface area contributed by atoms with Gasteiger partial charge in [-0.25, -0.2) is 0 Å². The summed E-state index contributed by atoms with van der Waals surface area (Å²) in [4.78, 5) is 8.70. The lowest BCUT2D eigenvalue weighted by atomic mass is 10.1. The predicted octanol–water partition coefficient (Wildman–Crippen LogP) is 1.51. The molecule has 0 aromatic carbocycles. The SMILES string of the molecule is CP(C)(=O)OCC1CNC1.O=CC(F)(F)F. The van der Waals surface area contributed by atoms with Crippen molar-refractivity contribution in [2.45, 2.75) is 6.18 Å². The topological polar surface area (TPSA) is 55.4 Å². The number of rotatable bonds is 3. The first-order chi connectivity index (χ1) is 7.14. The number of hydrogen-bond donors (Lipinski definition) is 1. The van der Waals surface area contributed by atoms with Gasteiger partial charge < -0.3 is 9.84 Å². The molecular formula is C8H15F3NO3P. The zero-order chi connectivity index (χ0) is 12.8. The molecule has 0 aromatic heterocycles. The van der Waals surface area contributed by atoms with E-state index < -0.39 is 19.8 Å². The van der Waals surface area contributed by atoms with Gasteiger partial charge in [0.1, 0.15) is 0 Å². The van der Waals surface area contributed by atoms with Crippen molar-refractivity contribution in [2.24, 2.45) is 5.92 Å². The fraction of sp³-hybridized carbons (Fsp3) is 0.875. The zero-order valence-electron chi connectivity index (χ0n) is 9.08. The van der Waals surface area contributed by atoms with Crippen LogP contribution in [-0.4, -0.2) is 45.5 Å². The van der Waals surface area contributed by atoms with Crippen molar-refractivity contribution < 1.29 is 27.1 Å². The Balaban J connectivity index is 0.000000325. The molecule has 1 aliphatic rings. The lowest BCUT2D eigenvalue weighted by molar-refractivity contribution is -0.156. The van der Waals surface area contributed by atoms with E-state index >= 15 is 0 Å². The highest BCUT2D eigenvalue weighted by Gasteiger charge is 2.24. The molecule has 1 aliphatic heterocycles. The highest BCUT2D eigenvalue weighted by Crippen LogP contribution is 2.37. The van der Waals surface area contributed by atoms with Crippen molar-refractivity contribution in [1.29, 1.82) is 0 Å². The van der Waals surface area contributed by atoms with Crippen LogP contribution in [0.5, 0.6) is 0 Å². The van der Waals surface area contributed by atoms with Crippen molar-refractivity contribution in [1.82, 2.24) is 5.32 Å². The molecule has 0 aliphatic carbocycles. The van der Waals surface area contributed by atoms with E-state index in [0.29, 0.717) is 12.5 Å². The Labute approximate surface area is 92.0 Å². The maximum atomic E-state index is 11.0. The van der Waals surface area contributed by atoms with Gasteiger partial charge in [0, 0.05) is 32.3 Å². The first-order valence-corrected chi connectivity index (χ1v) is 7.09. The summed E-state index contributed by atoms with van der Waals surface area (Å²) in [5.41, 5.74) is 0. The predicted molar refractivity (Wildman–Crippen MR) is 53.9 cm³/mol. The summed E-state index contributed by atoms with van der Waals surface area (Å²) in [6.45, 7) is 5.98. The second kappa shape index (κ2) is 6.37. The van der Waals surface area contributed by atoms with Crippen LogP contribution in [0.15, 0.2) is 0 Å². The normalized spacial score (nSPS) is 17.1. The fourth-order valence-electron chi connectivity index (χ4n) is 0.751. The molecule has 0 saturated carbocycles. The summed E-state index contributed by atoms with van der Waals surface area (Å²) < 4.78 is 47.4. The van der Waals surface area contributed by atoms with Gasteiger partial charge in [-0.15, -0.1) is 0 Å². The first kappa shape index (κ1) is 15.6. The van der Waals surface area contributed by atoms with Crippen LogP contribution >= 0.6 is 7.37 Å². The van der Waals surface area contributed by atoms with Gasteiger partial charge in [0.25, 0.3) is 0 Å². The highest BCUT2D eigenvalue weighted by atomic mass is 31.2. The second-order valence-electron chi connectivity index (χ2n) is 3.73. The van der Waals surface area contributed by atoms with Crippen LogP contribution in [0.2, 0.25) is 0 Å². The summed E-state index contributed by atoms with van der Waals surface area (Å²) in [5, 5.41) is 3.13. The van der Waals surface area contributed by atoms with Gasteiger partial charge >= 0.3 is 6.18 Å². The van der Waals surface area contributed by atoms with Crippen LogP contribution in [0.3, 0.4) is 0 Å². The molecule has 16 heavy (non-hydrogen) atoms. The monoisotopic (exact) mass is 261 g/mol. The summed E-state index contributed by atoms with van der Waals surface area (Å²) in [6.07, 6.45) is -5.70. The largest absolute Gasteiger partial charge is 0.446 e. The Morgan fingerprint density at radius 1 is 1.44 bits per heavy atom. The quantitative estimate of drug-likeness (QED) is 0.618. The van der Waals surface area contributed by atoms with Gasteiger partial charge in [-0.3, -0.25) is 9.36 Å². The number of hydrogen-bond acceptors (Lipinski definition) is 4. The van der Waals surface area contributed by atoms with Gasteiger partial charge in [0.2, 0.25) is 6.29 Å². The smallest absolute Gasteiger partial charge is 0.328 e. The Morgan fingerprint density at radius 2 is 1.88 bits per heavy atom.